The van der Waals surface area contributed by atoms with Gasteiger partial charge in [-0.3, -0.25) is 0 Å². The Labute approximate surface area is 130 Å². The van der Waals surface area contributed by atoms with Crippen LogP contribution in [0.1, 0.15) is 33.6 Å². The predicted octanol–water partition coefficient (Wildman–Crippen LogP) is 3.33. The summed E-state index contributed by atoms with van der Waals surface area (Å²) in [6, 6.07) is 0. The second kappa shape index (κ2) is 6.87. The van der Waals surface area contributed by atoms with Crippen molar-refractivity contribution in [1.82, 2.24) is 3.71 Å². The fourth-order valence-corrected chi connectivity index (χ4v) is 4.34. The largest absolute Gasteiger partial charge is 0.517 e. The summed E-state index contributed by atoms with van der Waals surface area (Å²) in [5.74, 6) is -0.595. The third-order valence-corrected chi connectivity index (χ3v) is 6.00. The highest BCUT2D eigenvalue weighted by atomic mass is 32.3. The first-order valence-corrected chi connectivity index (χ1v) is 9.00. The summed E-state index contributed by atoms with van der Waals surface area (Å²) in [5.41, 5.74) is -13.5. The van der Waals surface area contributed by atoms with E-state index in [4.69, 9.17) is 0 Å². The Kier molecular flexibility index (Phi) is 6.58. The van der Waals surface area contributed by atoms with E-state index in [1.807, 2.05) is 0 Å². The summed E-state index contributed by atoms with van der Waals surface area (Å²) in [4.78, 5) is 0. The van der Waals surface area contributed by atoms with Crippen LogP contribution in [0, 0.1) is 5.92 Å². The summed E-state index contributed by atoms with van der Waals surface area (Å²) in [5, 5.41) is 0. The van der Waals surface area contributed by atoms with Crippen molar-refractivity contribution in [2.45, 2.75) is 44.6 Å². The summed E-state index contributed by atoms with van der Waals surface area (Å²) in [6.45, 7) is 4.06. The number of alkyl halides is 6. The summed E-state index contributed by atoms with van der Waals surface area (Å²) in [6.07, 6.45) is -0.0790. The van der Waals surface area contributed by atoms with Crippen LogP contribution in [0.5, 0.6) is 0 Å². The molecule has 5 nitrogen and oxygen atoms in total. The lowest BCUT2D eigenvalue weighted by Gasteiger charge is -2.28. The van der Waals surface area contributed by atoms with Crippen LogP contribution < -0.4 is 0 Å². The smallest absolute Gasteiger partial charge is 0.196 e. The van der Waals surface area contributed by atoms with Crippen LogP contribution in [-0.2, 0) is 20.0 Å². The van der Waals surface area contributed by atoms with Crippen molar-refractivity contribution in [1.29, 1.82) is 0 Å². The molecule has 0 amide bonds. The maximum absolute atomic E-state index is 12.7. The standard InChI is InChI=1S/C10H15F6NO4S2/c1-4-5-8(6-7(2)3)17(22(18,19)9(11,12)13)23(20,21)10(14,15)16/h5,7H,4,6H2,1-3H3/b8-5+. The molecule has 0 aliphatic carbocycles. The van der Waals surface area contributed by atoms with Crippen molar-refractivity contribution in [3.63, 3.8) is 0 Å². The lowest BCUT2D eigenvalue weighted by Crippen LogP contribution is -2.48. The number of halogens is 6. The van der Waals surface area contributed by atoms with Crippen molar-refractivity contribution in [2.75, 3.05) is 0 Å². The molecule has 13 heteroatoms. The zero-order chi connectivity index (χ0) is 18.9. The predicted molar refractivity (Wildman–Crippen MR) is 69.6 cm³/mol. The van der Waals surface area contributed by atoms with Crippen LogP contribution in [0.2, 0.25) is 0 Å². The average Bonchev–Trinajstić information content (AvgIpc) is 2.24. The second-order valence-electron chi connectivity index (χ2n) is 4.80. The number of allylic oxidation sites excluding steroid dienone is 2. The van der Waals surface area contributed by atoms with E-state index in [0.29, 0.717) is 6.08 Å². The molecule has 0 aliphatic rings. The fraction of sp³-hybridized carbons (Fsp3) is 0.800. The van der Waals surface area contributed by atoms with Gasteiger partial charge in [-0.2, -0.15) is 46.9 Å². The van der Waals surface area contributed by atoms with Crippen molar-refractivity contribution in [2.24, 2.45) is 5.92 Å². The summed E-state index contributed by atoms with van der Waals surface area (Å²) >= 11 is 0. The Bertz CT molecular complexity index is 602. The molecule has 0 bridgehead atoms. The first-order valence-electron chi connectivity index (χ1n) is 6.12. The monoisotopic (exact) mass is 391 g/mol. The molecular weight excluding hydrogens is 376 g/mol. The normalized spacial score (nSPS) is 15.1. The minimum Gasteiger partial charge on any atom is -0.196 e. The molecule has 0 aliphatic heterocycles. The van der Waals surface area contributed by atoms with Gasteiger partial charge in [0, 0.05) is 5.70 Å². The Morgan fingerprint density at radius 1 is 0.957 bits per heavy atom. The van der Waals surface area contributed by atoms with Crippen molar-refractivity contribution < 1.29 is 43.2 Å². The average molecular weight is 391 g/mol. The van der Waals surface area contributed by atoms with Crippen LogP contribution in [0.4, 0.5) is 26.3 Å². The highest BCUT2D eigenvalue weighted by molar-refractivity contribution is 8.05. The minimum absolute atomic E-state index is 0.167. The van der Waals surface area contributed by atoms with E-state index in [2.05, 4.69) is 0 Å². The van der Waals surface area contributed by atoms with E-state index < -0.39 is 52.8 Å². The quantitative estimate of drug-likeness (QED) is 0.651. The van der Waals surface area contributed by atoms with E-state index >= 15 is 0 Å². The van der Waals surface area contributed by atoms with Gasteiger partial charge >= 0.3 is 31.1 Å². The topological polar surface area (TPSA) is 71.5 Å². The maximum atomic E-state index is 12.7. The zero-order valence-corrected chi connectivity index (χ0v) is 13.9. The Morgan fingerprint density at radius 3 is 1.52 bits per heavy atom. The Balaban J connectivity index is 6.64. The lowest BCUT2D eigenvalue weighted by molar-refractivity contribution is -0.0522. The molecule has 0 aromatic carbocycles. The van der Waals surface area contributed by atoms with Gasteiger partial charge in [0.25, 0.3) is 0 Å². The van der Waals surface area contributed by atoms with E-state index in [-0.39, 0.29) is 6.42 Å². The first-order chi connectivity index (χ1) is 10.00. The molecule has 0 N–H and O–H groups in total. The molecule has 0 saturated heterocycles. The highest BCUT2D eigenvalue weighted by Crippen LogP contribution is 2.39. The van der Waals surface area contributed by atoms with Gasteiger partial charge in [-0.1, -0.05) is 26.8 Å². The molecule has 0 spiro atoms. The number of nitrogens with zero attached hydrogens (tertiary/aromatic N) is 1. The van der Waals surface area contributed by atoms with Crippen LogP contribution in [0.3, 0.4) is 0 Å². The van der Waals surface area contributed by atoms with Crippen LogP contribution in [-0.4, -0.2) is 31.6 Å². The molecule has 0 unspecified atom stereocenters. The molecular formula is C10H15F6NO4S2. The molecule has 0 atom stereocenters. The zero-order valence-electron chi connectivity index (χ0n) is 12.2. The van der Waals surface area contributed by atoms with Gasteiger partial charge < -0.3 is 0 Å². The van der Waals surface area contributed by atoms with Gasteiger partial charge in [-0.05, 0) is 18.8 Å². The number of hydrogen-bond acceptors (Lipinski definition) is 4. The van der Waals surface area contributed by atoms with Gasteiger partial charge in [0.2, 0.25) is 0 Å². The molecule has 0 saturated carbocycles. The van der Waals surface area contributed by atoms with Gasteiger partial charge in [0.05, 0.1) is 0 Å². The second-order valence-corrected chi connectivity index (χ2v) is 8.59. The molecule has 0 aromatic rings. The number of rotatable bonds is 6. The molecule has 0 aromatic heterocycles. The fourth-order valence-electron chi connectivity index (χ4n) is 1.51. The first kappa shape index (κ1) is 22.0. The van der Waals surface area contributed by atoms with Gasteiger partial charge in [0.1, 0.15) is 0 Å². The molecule has 0 rings (SSSR count). The molecule has 23 heavy (non-hydrogen) atoms. The third-order valence-electron chi connectivity index (χ3n) is 2.31. The minimum atomic E-state index is -6.79. The number of hydrogen-bond donors (Lipinski definition) is 0. The maximum Gasteiger partial charge on any atom is 0.517 e. The van der Waals surface area contributed by atoms with E-state index in [0.717, 1.165) is 0 Å². The molecule has 138 valence electrons. The Morgan fingerprint density at radius 2 is 1.30 bits per heavy atom. The number of sulfonamides is 2. The van der Waals surface area contributed by atoms with Crippen LogP contribution in [0.15, 0.2) is 11.8 Å². The third kappa shape index (κ3) is 4.75. The summed E-state index contributed by atoms with van der Waals surface area (Å²) in [7, 11) is -13.6. The molecule has 0 heterocycles. The van der Waals surface area contributed by atoms with Crippen LogP contribution in [0.25, 0.3) is 0 Å². The van der Waals surface area contributed by atoms with Gasteiger partial charge in [-0.15, -0.1) is 0 Å². The van der Waals surface area contributed by atoms with Crippen LogP contribution >= 0.6 is 0 Å². The van der Waals surface area contributed by atoms with Gasteiger partial charge in [0.15, 0.2) is 0 Å². The SMILES string of the molecule is CC/C=C(\CC(C)C)N(S(=O)(=O)C(F)(F)F)S(=O)(=O)C(F)(F)F. The Hall–Kier alpha value is -0.980. The van der Waals surface area contributed by atoms with E-state index in [1.54, 1.807) is 0 Å². The van der Waals surface area contributed by atoms with E-state index in [1.165, 1.54) is 20.8 Å². The van der Waals surface area contributed by atoms with Gasteiger partial charge in [-0.25, -0.2) is 0 Å². The summed E-state index contributed by atoms with van der Waals surface area (Å²) < 4.78 is 120. The van der Waals surface area contributed by atoms with Crippen molar-refractivity contribution in [3.05, 3.63) is 11.8 Å². The van der Waals surface area contributed by atoms with E-state index in [9.17, 15) is 43.2 Å². The molecule has 0 fully saturated rings. The lowest BCUT2D eigenvalue weighted by atomic mass is 10.1. The highest BCUT2D eigenvalue weighted by Gasteiger charge is 2.62. The molecule has 0 radical (unpaired) electrons. The van der Waals surface area contributed by atoms with Crippen molar-refractivity contribution >= 4 is 20.0 Å². The van der Waals surface area contributed by atoms with Crippen molar-refractivity contribution in [3.8, 4) is 0 Å².